The molecule has 6 nitrogen and oxygen atoms in total. The number of benzene rings is 2. The van der Waals surface area contributed by atoms with Crippen molar-refractivity contribution in [2.75, 3.05) is 0 Å². The summed E-state index contributed by atoms with van der Waals surface area (Å²) in [6.07, 6.45) is 0. The molecule has 2 aromatic carbocycles. The Hall–Kier alpha value is -5.02. The van der Waals surface area contributed by atoms with Gasteiger partial charge in [0.05, 0.1) is 22.1 Å². The summed E-state index contributed by atoms with van der Waals surface area (Å²) in [7, 11) is 0. The molecule has 0 fully saturated rings. The lowest BCUT2D eigenvalue weighted by Gasteiger charge is -2.10. The molecule has 2 aromatic rings. The van der Waals surface area contributed by atoms with E-state index in [0.29, 0.717) is 0 Å². The number of nitriles is 6. The second-order valence-electron chi connectivity index (χ2n) is 5.13. The molecule has 0 radical (unpaired) electrons. The van der Waals surface area contributed by atoms with Gasteiger partial charge in [0.25, 0.3) is 0 Å². The third kappa shape index (κ3) is 2.98. The minimum atomic E-state index is -1.40. The summed E-state index contributed by atoms with van der Waals surface area (Å²) in [5.41, 5.74) is -2.98. The molecule has 0 aliphatic rings. The first kappa shape index (κ1) is 19.3. The zero-order valence-corrected chi connectivity index (χ0v) is 13.7. The van der Waals surface area contributed by atoms with Gasteiger partial charge in [0.2, 0.25) is 0 Å². The molecule has 2 rings (SSSR count). The van der Waals surface area contributed by atoms with Crippen LogP contribution in [-0.2, 0) is 0 Å². The third-order valence-corrected chi connectivity index (χ3v) is 3.74. The van der Waals surface area contributed by atoms with Gasteiger partial charge >= 0.3 is 0 Å². The van der Waals surface area contributed by atoms with Crippen molar-refractivity contribution < 1.29 is 8.78 Å². The molecule has 8 heteroatoms. The zero-order valence-electron chi connectivity index (χ0n) is 13.7. The van der Waals surface area contributed by atoms with Crippen LogP contribution in [0.2, 0.25) is 0 Å². The van der Waals surface area contributed by atoms with Crippen molar-refractivity contribution in [3.05, 3.63) is 57.5 Å². The van der Waals surface area contributed by atoms with Crippen LogP contribution in [-0.4, -0.2) is 0 Å². The largest absolute Gasteiger partial charge is 0.206 e. The highest BCUT2D eigenvalue weighted by Gasteiger charge is 2.23. The lowest BCUT2D eigenvalue weighted by Crippen LogP contribution is -2.29. The van der Waals surface area contributed by atoms with Crippen LogP contribution < -0.4 is 10.4 Å². The fourth-order valence-electron chi connectivity index (χ4n) is 2.52. The maximum absolute atomic E-state index is 15.3. The van der Waals surface area contributed by atoms with Crippen molar-refractivity contribution in [2.24, 2.45) is 0 Å². The van der Waals surface area contributed by atoms with E-state index in [4.69, 9.17) is 26.3 Å². The predicted molar refractivity (Wildman–Crippen MR) is 89.7 cm³/mol. The Morgan fingerprint density at radius 1 is 0.643 bits per heavy atom. The Labute approximate surface area is 157 Å². The smallest absolute Gasteiger partial charge is 0.151 e. The van der Waals surface area contributed by atoms with E-state index < -0.39 is 44.3 Å². The highest BCUT2D eigenvalue weighted by atomic mass is 19.1. The molecule has 0 aliphatic heterocycles. The van der Waals surface area contributed by atoms with E-state index in [1.54, 1.807) is 0 Å². The second-order valence-corrected chi connectivity index (χ2v) is 5.13. The fourth-order valence-corrected chi connectivity index (χ4v) is 2.52. The van der Waals surface area contributed by atoms with Crippen molar-refractivity contribution in [2.45, 2.75) is 0 Å². The summed E-state index contributed by atoms with van der Waals surface area (Å²) >= 11 is 0. The maximum Gasteiger partial charge on any atom is 0.151 e. The average Bonchev–Trinajstić information content (AvgIpc) is 2.73. The third-order valence-electron chi connectivity index (χ3n) is 3.74. The maximum atomic E-state index is 15.3. The van der Waals surface area contributed by atoms with Crippen LogP contribution in [0.5, 0.6) is 0 Å². The van der Waals surface area contributed by atoms with Crippen LogP contribution in [0, 0.1) is 79.6 Å². The summed E-state index contributed by atoms with van der Waals surface area (Å²) in [6, 6.07) is 14.0. The van der Waals surface area contributed by atoms with E-state index >= 15 is 8.78 Å². The molecular formula is C20H4F2N6. The minimum Gasteiger partial charge on any atom is -0.206 e. The SMILES string of the molecule is N#CC(C#N)=c1c(F)c(-c2ccc(C#N)cc2)c(=C(C#N)C#N)c(F)c1C#N. The van der Waals surface area contributed by atoms with Crippen molar-refractivity contribution in [1.82, 2.24) is 0 Å². The van der Waals surface area contributed by atoms with Crippen LogP contribution in [0.3, 0.4) is 0 Å². The Morgan fingerprint density at radius 3 is 1.57 bits per heavy atom. The number of hydrogen-bond acceptors (Lipinski definition) is 6. The molecule has 28 heavy (non-hydrogen) atoms. The van der Waals surface area contributed by atoms with Gasteiger partial charge in [-0.3, -0.25) is 0 Å². The molecule has 0 amide bonds. The minimum absolute atomic E-state index is 0.0191. The highest BCUT2D eigenvalue weighted by Crippen LogP contribution is 2.21. The van der Waals surface area contributed by atoms with E-state index in [2.05, 4.69) is 0 Å². The molecule has 0 atom stereocenters. The monoisotopic (exact) mass is 366 g/mol. The number of hydrogen-bond donors (Lipinski definition) is 0. The molecule has 0 unspecified atom stereocenters. The summed E-state index contributed by atoms with van der Waals surface area (Å²) in [5.74, 6) is -2.71. The predicted octanol–water partition coefficient (Wildman–Crippen LogP) is 1.77. The first-order valence-electron chi connectivity index (χ1n) is 7.29. The van der Waals surface area contributed by atoms with Crippen LogP contribution >= 0.6 is 0 Å². The molecule has 0 saturated heterocycles. The molecule has 0 N–H and O–H groups in total. The van der Waals surface area contributed by atoms with E-state index in [1.807, 2.05) is 6.07 Å². The first-order chi connectivity index (χ1) is 13.5. The van der Waals surface area contributed by atoms with Crippen LogP contribution in [0.1, 0.15) is 11.1 Å². The molecule has 0 heterocycles. The number of rotatable bonds is 1. The van der Waals surface area contributed by atoms with Crippen molar-refractivity contribution in [3.63, 3.8) is 0 Å². The Morgan fingerprint density at radius 2 is 1.14 bits per heavy atom. The molecule has 0 aromatic heterocycles. The summed E-state index contributed by atoms with van der Waals surface area (Å²) in [4.78, 5) is 0. The molecule has 0 bridgehead atoms. The molecule has 128 valence electrons. The number of halogens is 2. The van der Waals surface area contributed by atoms with Gasteiger partial charge in [0.1, 0.15) is 52.9 Å². The van der Waals surface area contributed by atoms with Gasteiger partial charge < -0.3 is 0 Å². The normalized spacial score (nSPS) is 8.86. The lowest BCUT2D eigenvalue weighted by molar-refractivity contribution is 0.584. The van der Waals surface area contributed by atoms with Crippen LogP contribution in [0.4, 0.5) is 8.78 Å². The van der Waals surface area contributed by atoms with E-state index in [-0.39, 0.29) is 11.1 Å². The van der Waals surface area contributed by atoms with Gasteiger partial charge in [-0.05, 0) is 17.7 Å². The van der Waals surface area contributed by atoms with Crippen molar-refractivity contribution >= 4 is 11.1 Å². The van der Waals surface area contributed by atoms with Gasteiger partial charge in [-0.2, -0.15) is 31.6 Å². The average molecular weight is 366 g/mol. The quantitative estimate of drug-likeness (QED) is 0.752. The van der Waals surface area contributed by atoms with E-state index in [1.165, 1.54) is 54.6 Å². The van der Waals surface area contributed by atoms with Crippen LogP contribution in [0.25, 0.3) is 22.3 Å². The van der Waals surface area contributed by atoms with E-state index in [9.17, 15) is 5.26 Å². The summed E-state index contributed by atoms with van der Waals surface area (Å²) in [5, 5.41) is 52.9. The molecule has 0 spiro atoms. The molecule has 0 saturated carbocycles. The van der Waals surface area contributed by atoms with Gasteiger partial charge in [-0.15, -0.1) is 0 Å². The highest BCUT2D eigenvalue weighted by molar-refractivity contribution is 5.82. The van der Waals surface area contributed by atoms with Crippen molar-refractivity contribution in [1.29, 1.82) is 31.6 Å². The van der Waals surface area contributed by atoms with Gasteiger partial charge in [-0.25, -0.2) is 8.78 Å². The Balaban J connectivity index is 3.35. The Kier molecular flexibility index (Phi) is 5.45. The van der Waals surface area contributed by atoms with Crippen LogP contribution in [0.15, 0.2) is 24.3 Å². The summed E-state index contributed by atoms with van der Waals surface area (Å²) in [6.45, 7) is 0. The Bertz CT molecular complexity index is 1350. The van der Waals surface area contributed by atoms with Crippen molar-refractivity contribution in [3.8, 4) is 47.5 Å². The first-order valence-corrected chi connectivity index (χ1v) is 7.29. The second kappa shape index (κ2) is 7.91. The van der Waals surface area contributed by atoms with Gasteiger partial charge in [0, 0.05) is 5.56 Å². The topological polar surface area (TPSA) is 143 Å². The van der Waals surface area contributed by atoms with E-state index in [0.717, 1.165) is 0 Å². The fraction of sp³-hybridized carbons (Fsp3) is 0. The zero-order chi connectivity index (χ0) is 20.8. The van der Waals surface area contributed by atoms with Gasteiger partial charge in [0.15, 0.2) is 5.82 Å². The van der Waals surface area contributed by atoms with Gasteiger partial charge in [-0.1, -0.05) is 12.1 Å². The lowest BCUT2D eigenvalue weighted by atomic mass is 9.93. The number of nitrogens with zero attached hydrogens (tertiary/aromatic N) is 6. The summed E-state index contributed by atoms with van der Waals surface area (Å²) < 4.78 is 30.4. The standard InChI is InChI=1S/C20H4F2N6/c21-19-15(10-28)16(13(6-24)7-25)20(22)17(18(19)14(8-26)9-27)12-3-1-11(5-23)2-4-12/h1-4H. The molecule has 0 aliphatic carbocycles. The molecular weight excluding hydrogens is 362 g/mol.